The lowest BCUT2D eigenvalue weighted by atomic mass is 10.2. The van der Waals surface area contributed by atoms with Crippen molar-refractivity contribution in [3.63, 3.8) is 0 Å². The smallest absolute Gasteiger partial charge is 0.160 e. The molecule has 0 spiro atoms. The van der Waals surface area contributed by atoms with Crippen LogP contribution in [0.5, 0.6) is 5.75 Å². The average Bonchev–Trinajstić information content (AvgIpc) is 2.80. The lowest BCUT2D eigenvalue weighted by Crippen LogP contribution is -2.27. The molecule has 1 atom stereocenters. The second-order valence-electron chi connectivity index (χ2n) is 5.08. The predicted octanol–water partition coefficient (Wildman–Crippen LogP) is 2.85. The third kappa shape index (κ3) is 2.54. The number of nitrogens with zero attached hydrogens (tertiary/aromatic N) is 3. The van der Waals surface area contributed by atoms with Crippen molar-refractivity contribution in [1.29, 1.82) is 0 Å². The minimum atomic E-state index is 0.284. The first-order chi connectivity index (χ1) is 10.1. The van der Waals surface area contributed by atoms with Gasteiger partial charge >= 0.3 is 0 Å². The molecule has 0 amide bonds. The van der Waals surface area contributed by atoms with E-state index in [1.54, 1.807) is 7.11 Å². The SMILES string of the molecule is CNC(C)Cn1nc(Cl)c2cc3ccc(OC)cc3nc21. The van der Waals surface area contributed by atoms with Crippen LogP contribution in [0.15, 0.2) is 24.3 Å². The van der Waals surface area contributed by atoms with Crippen molar-refractivity contribution < 1.29 is 4.74 Å². The molecule has 0 saturated heterocycles. The third-order valence-electron chi connectivity index (χ3n) is 3.62. The Morgan fingerprint density at radius 3 is 2.90 bits per heavy atom. The van der Waals surface area contributed by atoms with E-state index in [9.17, 15) is 0 Å². The first-order valence-corrected chi connectivity index (χ1v) is 7.18. The molecular weight excluding hydrogens is 288 g/mol. The topological polar surface area (TPSA) is 52.0 Å². The van der Waals surface area contributed by atoms with Gasteiger partial charge in [-0.05, 0) is 32.2 Å². The lowest BCUT2D eigenvalue weighted by Gasteiger charge is -2.10. The summed E-state index contributed by atoms with van der Waals surface area (Å²) in [5.74, 6) is 0.787. The molecule has 0 aliphatic heterocycles. The largest absolute Gasteiger partial charge is 0.497 e. The summed E-state index contributed by atoms with van der Waals surface area (Å²) in [4.78, 5) is 4.70. The van der Waals surface area contributed by atoms with Crippen molar-refractivity contribution in [2.45, 2.75) is 19.5 Å². The van der Waals surface area contributed by atoms with E-state index >= 15 is 0 Å². The van der Waals surface area contributed by atoms with Gasteiger partial charge in [0.15, 0.2) is 10.8 Å². The van der Waals surface area contributed by atoms with Gasteiger partial charge < -0.3 is 10.1 Å². The van der Waals surface area contributed by atoms with E-state index in [4.69, 9.17) is 21.3 Å². The van der Waals surface area contributed by atoms with Crippen LogP contribution in [0.3, 0.4) is 0 Å². The normalized spacial score (nSPS) is 13.0. The Hall–Kier alpha value is -1.85. The van der Waals surface area contributed by atoms with Crippen molar-refractivity contribution in [2.75, 3.05) is 14.2 Å². The van der Waals surface area contributed by atoms with Crippen LogP contribution < -0.4 is 10.1 Å². The Morgan fingerprint density at radius 2 is 2.19 bits per heavy atom. The number of pyridine rings is 1. The second kappa shape index (κ2) is 5.50. The van der Waals surface area contributed by atoms with Crippen molar-refractivity contribution >= 4 is 33.5 Å². The van der Waals surface area contributed by atoms with Crippen LogP contribution >= 0.6 is 11.6 Å². The van der Waals surface area contributed by atoms with Gasteiger partial charge in [0, 0.05) is 17.5 Å². The van der Waals surface area contributed by atoms with Gasteiger partial charge in [0.05, 0.1) is 24.6 Å². The molecule has 3 rings (SSSR count). The molecule has 110 valence electrons. The minimum absolute atomic E-state index is 0.284. The van der Waals surface area contributed by atoms with Crippen molar-refractivity contribution in [3.05, 3.63) is 29.4 Å². The van der Waals surface area contributed by atoms with E-state index in [1.807, 2.05) is 36.0 Å². The quantitative estimate of drug-likeness (QED) is 0.805. The first kappa shape index (κ1) is 14.1. The molecule has 0 aliphatic carbocycles. The first-order valence-electron chi connectivity index (χ1n) is 6.80. The van der Waals surface area contributed by atoms with Gasteiger partial charge in [-0.1, -0.05) is 11.6 Å². The minimum Gasteiger partial charge on any atom is -0.497 e. The molecule has 2 aromatic heterocycles. The summed E-state index contributed by atoms with van der Waals surface area (Å²) in [7, 11) is 3.57. The molecule has 0 fully saturated rings. The maximum absolute atomic E-state index is 6.25. The summed E-state index contributed by atoms with van der Waals surface area (Å²) >= 11 is 6.25. The fraction of sp³-hybridized carbons (Fsp3) is 0.333. The van der Waals surface area contributed by atoms with Gasteiger partial charge in [0.1, 0.15) is 5.75 Å². The summed E-state index contributed by atoms with van der Waals surface area (Å²) < 4.78 is 7.10. The highest BCUT2D eigenvalue weighted by Crippen LogP contribution is 2.27. The van der Waals surface area contributed by atoms with Crippen LogP contribution in [0.1, 0.15) is 6.92 Å². The van der Waals surface area contributed by atoms with Crippen LogP contribution in [-0.2, 0) is 6.54 Å². The van der Waals surface area contributed by atoms with Crippen LogP contribution in [-0.4, -0.2) is 35.0 Å². The number of rotatable bonds is 4. The molecule has 0 saturated carbocycles. The number of methoxy groups -OCH3 is 1. The number of fused-ring (bicyclic) bond motifs is 2. The van der Waals surface area contributed by atoms with Gasteiger partial charge in [-0.3, -0.25) is 0 Å². The Balaban J connectivity index is 2.19. The highest BCUT2D eigenvalue weighted by atomic mass is 35.5. The van der Waals surface area contributed by atoms with Crippen LogP contribution in [0.2, 0.25) is 5.15 Å². The van der Waals surface area contributed by atoms with Gasteiger partial charge in [0.25, 0.3) is 0 Å². The Morgan fingerprint density at radius 1 is 1.38 bits per heavy atom. The zero-order valence-corrected chi connectivity index (χ0v) is 13.0. The molecule has 0 bridgehead atoms. The van der Waals surface area contributed by atoms with E-state index in [1.165, 1.54) is 0 Å². The number of benzene rings is 1. The molecule has 3 aromatic rings. The zero-order chi connectivity index (χ0) is 15.0. The maximum atomic E-state index is 6.25. The van der Waals surface area contributed by atoms with Crippen molar-refractivity contribution in [2.24, 2.45) is 0 Å². The Labute approximate surface area is 127 Å². The Bertz CT molecular complexity index is 799. The number of nitrogens with one attached hydrogen (secondary N) is 1. The number of hydrogen-bond acceptors (Lipinski definition) is 4. The van der Waals surface area contributed by atoms with E-state index in [2.05, 4.69) is 17.3 Å². The average molecular weight is 305 g/mol. The molecule has 0 radical (unpaired) electrons. The summed E-state index contributed by atoms with van der Waals surface area (Å²) in [6.45, 7) is 2.80. The molecule has 1 N–H and O–H groups in total. The summed E-state index contributed by atoms with van der Waals surface area (Å²) in [6, 6.07) is 8.11. The highest BCUT2D eigenvalue weighted by Gasteiger charge is 2.13. The molecule has 21 heavy (non-hydrogen) atoms. The van der Waals surface area contributed by atoms with Crippen LogP contribution in [0, 0.1) is 0 Å². The zero-order valence-electron chi connectivity index (χ0n) is 12.2. The van der Waals surface area contributed by atoms with Crippen LogP contribution in [0.25, 0.3) is 21.9 Å². The molecule has 6 heteroatoms. The van der Waals surface area contributed by atoms with Gasteiger partial charge in [-0.2, -0.15) is 5.10 Å². The lowest BCUT2D eigenvalue weighted by molar-refractivity contribution is 0.415. The third-order valence-corrected chi connectivity index (χ3v) is 3.90. The Kier molecular flexibility index (Phi) is 3.69. The monoisotopic (exact) mass is 304 g/mol. The second-order valence-corrected chi connectivity index (χ2v) is 5.44. The van der Waals surface area contributed by atoms with E-state index < -0.39 is 0 Å². The molecule has 0 aliphatic rings. The van der Waals surface area contributed by atoms with Gasteiger partial charge in [-0.15, -0.1) is 0 Å². The van der Waals surface area contributed by atoms with E-state index in [0.29, 0.717) is 11.7 Å². The predicted molar refractivity (Wildman–Crippen MR) is 85.1 cm³/mol. The maximum Gasteiger partial charge on any atom is 0.160 e. The summed E-state index contributed by atoms with van der Waals surface area (Å²) in [5.41, 5.74) is 1.67. The van der Waals surface area contributed by atoms with Gasteiger partial charge in [-0.25, -0.2) is 9.67 Å². The number of halogens is 1. The molecule has 1 aromatic carbocycles. The summed E-state index contributed by atoms with van der Waals surface area (Å²) in [5, 5.41) is 9.96. The van der Waals surface area contributed by atoms with Crippen molar-refractivity contribution in [3.8, 4) is 5.75 Å². The summed E-state index contributed by atoms with van der Waals surface area (Å²) in [6.07, 6.45) is 0. The number of ether oxygens (including phenoxy) is 1. The highest BCUT2D eigenvalue weighted by molar-refractivity contribution is 6.34. The molecule has 5 nitrogen and oxygen atoms in total. The van der Waals surface area contributed by atoms with E-state index in [0.717, 1.165) is 27.7 Å². The standard InChI is InChI=1S/C15H17ClN4O/c1-9(17-2)8-20-15-12(14(16)19-20)6-10-4-5-11(21-3)7-13(10)18-15/h4-7,9,17H,8H2,1-3H3. The number of hydrogen-bond donors (Lipinski definition) is 1. The molecular formula is C15H17ClN4O. The number of likely N-dealkylation sites (N-methyl/N-ethyl adjacent to an activating group) is 1. The van der Waals surface area contributed by atoms with Crippen molar-refractivity contribution in [1.82, 2.24) is 20.1 Å². The molecule has 1 unspecified atom stereocenters. The van der Waals surface area contributed by atoms with E-state index in [-0.39, 0.29) is 6.04 Å². The fourth-order valence-corrected chi connectivity index (χ4v) is 2.53. The fourth-order valence-electron chi connectivity index (χ4n) is 2.30. The van der Waals surface area contributed by atoms with Gasteiger partial charge in [0.2, 0.25) is 0 Å². The van der Waals surface area contributed by atoms with Crippen LogP contribution in [0.4, 0.5) is 0 Å². The molecule has 2 heterocycles. The number of aromatic nitrogens is 3.